The van der Waals surface area contributed by atoms with E-state index < -0.39 is 24.5 Å². The lowest BCUT2D eigenvalue weighted by Gasteiger charge is -2.09. The topological polar surface area (TPSA) is 111 Å². The van der Waals surface area contributed by atoms with Crippen LogP contribution in [0.15, 0.2) is 42.5 Å². The molecule has 0 fully saturated rings. The Hall–Kier alpha value is -2.77. The molecule has 0 saturated heterocycles. The summed E-state index contributed by atoms with van der Waals surface area (Å²) in [5.41, 5.74) is 6.33. The van der Waals surface area contributed by atoms with Crippen LogP contribution in [-0.2, 0) is 16.1 Å². The van der Waals surface area contributed by atoms with Crippen molar-refractivity contribution in [2.24, 2.45) is 5.73 Å². The van der Waals surface area contributed by atoms with E-state index in [1.165, 1.54) is 18.2 Å². The largest absolute Gasteiger partial charge is 0.452 e. The first-order valence-corrected chi connectivity index (χ1v) is 8.15. The third kappa shape index (κ3) is 5.94. The van der Waals surface area contributed by atoms with Crippen molar-refractivity contribution in [2.45, 2.75) is 6.54 Å². The Morgan fingerprint density at radius 1 is 1.04 bits per heavy atom. The van der Waals surface area contributed by atoms with Gasteiger partial charge in [0.15, 0.2) is 6.61 Å². The molecule has 136 valence electrons. The quantitative estimate of drug-likeness (QED) is 0.652. The molecule has 7 nitrogen and oxygen atoms in total. The molecular weight excluding hydrogens is 381 g/mol. The summed E-state index contributed by atoms with van der Waals surface area (Å²) >= 11 is 11.8. The molecule has 0 aliphatic heterocycles. The number of anilines is 1. The maximum absolute atomic E-state index is 12.0. The van der Waals surface area contributed by atoms with Gasteiger partial charge in [0.05, 0.1) is 16.3 Å². The minimum Gasteiger partial charge on any atom is -0.452 e. The average Bonchev–Trinajstić information content (AvgIpc) is 2.61. The Kier molecular flexibility index (Phi) is 6.82. The fourth-order valence-corrected chi connectivity index (χ4v) is 2.28. The number of hydrogen-bond donors (Lipinski definition) is 3. The number of nitrogens with two attached hydrogens (primary N) is 1. The van der Waals surface area contributed by atoms with Gasteiger partial charge in [-0.2, -0.15) is 0 Å². The van der Waals surface area contributed by atoms with Gasteiger partial charge in [0.25, 0.3) is 5.91 Å². The number of esters is 1. The highest BCUT2D eigenvalue weighted by molar-refractivity contribution is 6.35. The van der Waals surface area contributed by atoms with E-state index in [4.69, 9.17) is 33.7 Å². The molecule has 0 saturated carbocycles. The lowest BCUT2D eigenvalue weighted by molar-refractivity contribution is -0.119. The van der Waals surface area contributed by atoms with Crippen molar-refractivity contribution in [1.82, 2.24) is 5.32 Å². The summed E-state index contributed by atoms with van der Waals surface area (Å²) in [6.07, 6.45) is 0. The highest BCUT2D eigenvalue weighted by Gasteiger charge is 2.12. The second-order valence-electron chi connectivity index (χ2n) is 5.16. The van der Waals surface area contributed by atoms with Crippen LogP contribution in [0, 0.1) is 0 Å². The maximum Gasteiger partial charge on any atom is 0.338 e. The Bertz CT molecular complexity index is 825. The number of amides is 3. The molecule has 0 bridgehead atoms. The third-order valence-electron chi connectivity index (χ3n) is 3.19. The van der Waals surface area contributed by atoms with E-state index in [-0.39, 0.29) is 12.1 Å². The van der Waals surface area contributed by atoms with Crippen molar-refractivity contribution in [3.05, 3.63) is 63.6 Å². The summed E-state index contributed by atoms with van der Waals surface area (Å²) < 4.78 is 4.95. The average molecular weight is 396 g/mol. The first-order valence-electron chi connectivity index (χ1n) is 7.39. The van der Waals surface area contributed by atoms with Crippen LogP contribution in [-0.4, -0.2) is 24.5 Å². The van der Waals surface area contributed by atoms with E-state index in [9.17, 15) is 14.4 Å². The van der Waals surface area contributed by atoms with Crippen LogP contribution in [0.1, 0.15) is 15.9 Å². The fraction of sp³-hybridized carbons (Fsp3) is 0.118. The third-order valence-corrected chi connectivity index (χ3v) is 3.76. The first-order chi connectivity index (χ1) is 12.3. The lowest BCUT2D eigenvalue weighted by atomic mass is 10.1. The van der Waals surface area contributed by atoms with E-state index in [2.05, 4.69) is 10.6 Å². The Morgan fingerprint density at radius 2 is 1.73 bits per heavy atom. The summed E-state index contributed by atoms with van der Waals surface area (Å²) in [6, 6.07) is 10.3. The molecular formula is C17H15Cl2N3O4. The van der Waals surface area contributed by atoms with Crippen molar-refractivity contribution >= 4 is 46.8 Å². The molecule has 0 unspecified atom stereocenters. The summed E-state index contributed by atoms with van der Waals surface area (Å²) in [5, 5.41) is 5.67. The molecule has 0 heterocycles. The molecule has 2 rings (SSSR count). The molecule has 2 aromatic rings. The van der Waals surface area contributed by atoms with Crippen molar-refractivity contribution in [3.63, 3.8) is 0 Å². The van der Waals surface area contributed by atoms with Crippen molar-refractivity contribution in [1.29, 1.82) is 0 Å². The fourth-order valence-electron chi connectivity index (χ4n) is 1.94. The standard InChI is InChI=1S/C17H15Cl2N3O4/c18-12-5-6-13(19)14(7-12)22-15(23)9-26-16(24)11-3-1-10(2-4-11)8-21-17(20)25/h1-7H,8-9H2,(H,22,23)(H3,20,21,25). The van der Waals surface area contributed by atoms with Gasteiger partial charge in [-0.25, -0.2) is 9.59 Å². The maximum atomic E-state index is 12.0. The number of benzene rings is 2. The number of nitrogens with one attached hydrogen (secondary N) is 2. The molecule has 0 spiro atoms. The van der Waals surface area contributed by atoms with Crippen molar-refractivity contribution < 1.29 is 19.1 Å². The first kappa shape index (κ1) is 19.6. The van der Waals surface area contributed by atoms with Gasteiger partial charge in [0, 0.05) is 11.6 Å². The monoisotopic (exact) mass is 395 g/mol. The minimum atomic E-state index is -0.660. The summed E-state index contributed by atoms with van der Waals surface area (Å²) in [5.74, 6) is -1.21. The summed E-state index contributed by atoms with van der Waals surface area (Å²) in [6.45, 7) is -0.236. The van der Waals surface area contributed by atoms with Gasteiger partial charge >= 0.3 is 12.0 Å². The molecule has 0 aliphatic rings. The number of primary amides is 1. The van der Waals surface area contributed by atoms with Gasteiger partial charge in [-0.05, 0) is 35.9 Å². The zero-order valence-electron chi connectivity index (χ0n) is 13.4. The lowest BCUT2D eigenvalue weighted by Crippen LogP contribution is -2.28. The predicted molar refractivity (Wildman–Crippen MR) is 98.2 cm³/mol. The highest BCUT2D eigenvalue weighted by atomic mass is 35.5. The van der Waals surface area contributed by atoms with Crippen molar-refractivity contribution in [2.75, 3.05) is 11.9 Å². The van der Waals surface area contributed by atoms with Gasteiger partial charge in [0.1, 0.15) is 0 Å². The molecule has 0 aromatic heterocycles. The van der Waals surface area contributed by atoms with E-state index in [0.29, 0.717) is 15.7 Å². The molecule has 2 aromatic carbocycles. The number of hydrogen-bond acceptors (Lipinski definition) is 4. The number of ether oxygens (including phenoxy) is 1. The Balaban J connectivity index is 1.86. The minimum absolute atomic E-state index is 0.244. The summed E-state index contributed by atoms with van der Waals surface area (Å²) in [4.78, 5) is 34.5. The molecule has 0 aliphatic carbocycles. The smallest absolute Gasteiger partial charge is 0.338 e. The van der Waals surface area contributed by atoms with E-state index >= 15 is 0 Å². The molecule has 3 amide bonds. The number of halogens is 2. The van der Waals surface area contributed by atoms with Crippen LogP contribution in [0.3, 0.4) is 0 Å². The van der Waals surface area contributed by atoms with Crippen LogP contribution >= 0.6 is 23.2 Å². The predicted octanol–water partition coefficient (Wildman–Crippen LogP) is 2.96. The van der Waals surface area contributed by atoms with E-state index in [1.807, 2.05) is 0 Å². The second-order valence-corrected chi connectivity index (χ2v) is 6.01. The highest BCUT2D eigenvalue weighted by Crippen LogP contribution is 2.25. The van der Waals surface area contributed by atoms with Gasteiger partial charge in [-0.15, -0.1) is 0 Å². The van der Waals surface area contributed by atoms with Crippen LogP contribution in [0.2, 0.25) is 10.0 Å². The van der Waals surface area contributed by atoms with Crippen LogP contribution in [0.5, 0.6) is 0 Å². The summed E-state index contributed by atoms with van der Waals surface area (Å²) in [7, 11) is 0. The van der Waals surface area contributed by atoms with Crippen LogP contribution in [0.4, 0.5) is 10.5 Å². The zero-order chi connectivity index (χ0) is 19.1. The molecule has 0 atom stereocenters. The van der Waals surface area contributed by atoms with E-state index in [0.717, 1.165) is 5.56 Å². The molecule has 9 heteroatoms. The molecule has 26 heavy (non-hydrogen) atoms. The van der Waals surface area contributed by atoms with Gasteiger partial charge in [-0.3, -0.25) is 4.79 Å². The van der Waals surface area contributed by atoms with Crippen LogP contribution in [0.25, 0.3) is 0 Å². The van der Waals surface area contributed by atoms with Gasteiger partial charge in [0.2, 0.25) is 0 Å². The van der Waals surface area contributed by atoms with Gasteiger partial charge in [-0.1, -0.05) is 35.3 Å². The Labute approximate surface area is 159 Å². The Morgan fingerprint density at radius 3 is 2.38 bits per heavy atom. The van der Waals surface area contributed by atoms with Gasteiger partial charge < -0.3 is 21.1 Å². The number of rotatable bonds is 6. The number of carbonyl (C=O) groups excluding carboxylic acids is 3. The molecule has 0 radical (unpaired) electrons. The molecule has 4 N–H and O–H groups in total. The zero-order valence-corrected chi connectivity index (χ0v) is 14.9. The number of urea groups is 1. The normalized spacial score (nSPS) is 10.1. The SMILES string of the molecule is NC(=O)NCc1ccc(C(=O)OCC(=O)Nc2cc(Cl)ccc2Cl)cc1. The number of carbonyl (C=O) groups is 3. The second kappa shape index (κ2) is 9.07. The van der Waals surface area contributed by atoms with E-state index in [1.54, 1.807) is 24.3 Å². The van der Waals surface area contributed by atoms with Crippen LogP contribution < -0.4 is 16.4 Å². The van der Waals surface area contributed by atoms with Crippen molar-refractivity contribution in [3.8, 4) is 0 Å².